The third-order valence-electron chi connectivity index (χ3n) is 3.73. The van der Waals surface area contributed by atoms with Crippen LogP contribution in [0, 0.1) is 5.92 Å². The summed E-state index contributed by atoms with van der Waals surface area (Å²) in [5.41, 5.74) is 0.667. The van der Waals surface area contributed by atoms with Gasteiger partial charge in [0.05, 0.1) is 5.75 Å². The van der Waals surface area contributed by atoms with Crippen molar-refractivity contribution in [3.8, 4) is 0 Å². The molecule has 1 amide bonds. The molecule has 1 heterocycles. The van der Waals surface area contributed by atoms with Gasteiger partial charge in [0.2, 0.25) is 21.6 Å². The van der Waals surface area contributed by atoms with Crippen molar-refractivity contribution in [2.45, 2.75) is 36.7 Å². The summed E-state index contributed by atoms with van der Waals surface area (Å²) in [6.07, 6.45) is 2.99. The highest BCUT2D eigenvalue weighted by atomic mass is 32.2. The summed E-state index contributed by atoms with van der Waals surface area (Å²) >= 11 is 0. The van der Waals surface area contributed by atoms with E-state index in [1.165, 1.54) is 0 Å². The summed E-state index contributed by atoms with van der Waals surface area (Å²) in [4.78, 5) is 11.5. The lowest BCUT2D eigenvalue weighted by Gasteiger charge is -2.02. The first-order valence-corrected chi connectivity index (χ1v) is 9.56. The highest BCUT2D eigenvalue weighted by Gasteiger charge is 2.29. The van der Waals surface area contributed by atoms with Crippen molar-refractivity contribution in [1.82, 2.24) is 15.5 Å². The van der Waals surface area contributed by atoms with Crippen LogP contribution in [-0.2, 0) is 26.8 Å². The molecule has 1 aliphatic rings. The van der Waals surface area contributed by atoms with Crippen molar-refractivity contribution in [2.24, 2.45) is 5.92 Å². The van der Waals surface area contributed by atoms with E-state index in [0.717, 1.165) is 12.8 Å². The van der Waals surface area contributed by atoms with E-state index in [-0.39, 0.29) is 28.7 Å². The maximum Gasteiger partial charge on any atom is 0.335 e. The fraction of sp³-hybridized carbons (Fsp3) is 0.438. The molecule has 0 atom stereocenters. The number of hydrogen-bond donors (Lipinski definition) is 1. The van der Waals surface area contributed by atoms with Gasteiger partial charge in [0.1, 0.15) is 0 Å². The molecule has 2 aromatic rings. The number of nitrogens with zero attached hydrogens (tertiary/aromatic N) is 2. The molecule has 0 unspecified atom stereocenters. The number of benzene rings is 1. The summed E-state index contributed by atoms with van der Waals surface area (Å²) in [5, 5.41) is 9.90. The highest BCUT2D eigenvalue weighted by Crippen LogP contribution is 2.28. The molecule has 1 aromatic carbocycles. The minimum atomic E-state index is -3.65. The van der Waals surface area contributed by atoms with Crippen molar-refractivity contribution in [3.63, 3.8) is 0 Å². The molecule has 7 nitrogen and oxygen atoms in total. The smallest absolute Gasteiger partial charge is 0.335 e. The van der Waals surface area contributed by atoms with Crippen LogP contribution in [0.25, 0.3) is 0 Å². The molecule has 128 valence electrons. The maximum absolute atomic E-state index is 12.3. The molecule has 1 N–H and O–H groups in total. The Hall–Kier alpha value is -2.22. The van der Waals surface area contributed by atoms with E-state index in [1.807, 2.05) is 6.07 Å². The van der Waals surface area contributed by atoms with E-state index >= 15 is 0 Å². The molecule has 1 aromatic heterocycles. The van der Waals surface area contributed by atoms with Crippen LogP contribution in [0.2, 0.25) is 0 Å². The van der Waals surface area contributed by atoms with Crippen molar-refractivity contribution >= 4 is 15.7 Å². The van der Waals surface area contributed by atoms with Crippen LogP contribution in [-0.4, -0.2) is 31.1 Å². The Morgan fingerprint density at radius 2 is 1.96 bits per heavy atom. The van der Waals surface area contributed by atoms with E-state index in [4.69, 9.17) is 4.42 Å². The monoisotopic (exact) mass is 349 g/mol. The van der Waals surface area contributed by atoms with Crippen molar-refractivity contribution in [2.75, 3.05) is 6.54 Å². The fourth-order valence-corrected chi connectivity index (χ4v) is 3.40. The lowest BCUT2D eigenvalue weighted by Crippen LogP contribution is -2.26. The van der Waals surface area contributed by atoms with Crippen LogP contribution in [0.1, 0.15) is 30.7 Å². The predicted molar refractivity (Wildman–Crippen MR) is 85.7 cm³/mol. The zero-order chi connectivity index (χ0) is 17.0. The third kappa shape index (κ3) is 4.41. The van der Waals surface area contributed by atoms with E-state index in [1.54, 1.807) is 24.3 Å². The van der Waals surface area contributed by atoms with Gasteiger partial charge in [0.15, 0.2) is 0 Å². The summed E-state index contributed by atoms with van der Waals surface area (Å²) < 4.78 is 29.8. The highest BCUT2D eigenvalue weighted by molar-refractivity contribution is 7.90. The lowest BCUT2D eigenvalue weighted by atomic mass is 10.2. The van der Waals surface area contributed by atoms with Crippen LogP contribution in [0.15, 0.2) is 40.0 Å². The molecule has 0 bridgehead atoms. The second-order valence-corrected chi connectivity index (χ2v) is 7.74. The van der Waals surface area contributed by atoms with E-state index in [9.17, 15) is 13.2 Å². The lowest BCUT2D eigenvalue weighted by molar-refractivity contribution is -0.122. The average Bonchev–Trinajstić information content (AvgIpc) is 3.30. The van der Waals surface area contributed by atoms with E-state index in [2.05, 4.69) is 15.5 Å². The van der Waals surface area contributed by atoms with Crippen LogP contribution in [0.4, 0.5) is 0 Å². The van der Waals surface area contributed by atoms with E-state index in [0.29, 0.717) is 24.9 Å². The Labute approximate surface area is 140 Å². The molecule has 0 aliphatic heterocycles. The molecule has 0 radical (unpaired) electrons. The predicted octanol–water partition coefficient (Wildman–Crippen LogP) is 1.50. The standard InChI is InChI=1S/C16H19N3O4S/c20-15(13-8-9-13)17-10-4-7-14-18-19-16(23-14)24(21,22)11-12-5-2-1-3-6-12/h1-3,5-6,13H,4,7-11H2,(H,17,20). The first-order valence-electron chi connectivity index (χ1n) is 7.91. The second-order valence-electron chi connectivity index (χ2n) is 5.88. The van der Waals surface area contributed by atoms with Crippen molar-refractivity contribution in [1.29, 1.82) is 0 Å². The van der Waals surface area contributed by atoms with Gasteiger partial charge in [-0.3, -0.25) is 4.79 Å². The minimum absolute atomic E-state index is 0.0895. The third-order valence-corrected chi connectivity index (χ3v) is 5.14. The Kier molecular flexibility index (Phi) is 4.94. The van der Waals surface area contributed by atoms with Crippen molar-refractivity contribution in [3.05, 3.63) is 41.8 Å². The van der Waals surface area contributed by atoms with Gasteiger partial charge in [0.25, 0.3) is 0 Å². The number of carbonyl (C=O) groups is 1. The Bertz CT molecular complexity index is 798. The van der Waals surface area contributed by atoms with Crippen LogP contribution in [0.5, 0.6) is 0 Å². The molecule has 0 saturated heterocycles. The SMILES string of the molecule is O=C(NCCCc1nnc(S(=O)(=O)Cc2ccccc2)o1)C1CC1. The quantitative estimate of drug-likeness (QED) is 0.725. The minimum Gasteiger partial charge on any atom is -0.413 e. The molecule has 3 rings (SSSR count). The molecular weight excluding hydrogens is 330 g/mol. The fourth-order valence-electron chi connectivity index (χ4n) is 2.26. The summed E-state index contributed by atoms with van der Waals surface area (Å²) in [5.74, 6) is 0.365. The Morgan fingerprint density at radius 1 is 1.21 bits per heavy atom. The van der Waals surface area contributed by atoms with Crippen LogP contribution in [0.3, 0.4) is 0 Å². The van der Waals surface area contributed by atoms with Gasteiger partial charge in [-0.05, 0) is 24.8 Å². The van der Waals surface area contributed by atoms with Gasteiger partial charge < -0.3 is 9.73 Å². The number of sulfone groups is 1. The summed E-state index contributed by atoms with van der Waals surface area (Å²) in [6, 6.07) is 8.84. The van der Waals surface area contributed by atoms with E-state index < -0.39 is 9.84 Å². The van der Waals surface area contributed by atoms with Crippen molar-refractivity contribution < 1.29 is 17.6 Å². The van der Waals surface area contributed by atoms with Gasteiger partial charge in [0, 0.05) is 18.9 Å². The molecule has 1 saturated carbocycles. The molecule has 24 heavy (non-hydrogen) atoms. The molecule has 8 heteroatoms. The van der Waals surface area contributed by atoms with Gasteiger partial charge in [-0.1, -0.05) is 35.4 Å². The average molecular weight is 349 g/mol. The number of nitrogens with one attached hydrogen (secondary N) is 1. The zero-order valence-electron chi connectivity index (χ0n) is 13.1. The van der Waals surface area contributed by atoms with Gasteiger partial charge in [-0.25, -0.2) is 8.42 Å². The van der Waals surface area contributed by atoms with Crippen LogP contribution >= 0.6 is 0 Å². The Balaban J connectivity index is 1.51. The number of aromatic nitrogens is 2. The van der Waals surface area contributed by atoms with Crippen LogP contribution < -0.4 is 5.32 Å². The first kappa shape index (κ1) is 16.6. The Morgan fingerprint density at radius 3 is 2.67 bits per heavy atom. The normalized spacial score (nSPS) is 14.5. The summed E-state index contributed by atoms with van der Waals surface area (Å²) in [6.45, 7) is 0.518. The number of amides is 1. The molecule has 0 spiro atoms. The number of hydrogen-bond acceptors (Lipinski definition) is 6. The van der Waals surface area contributed by atoms with Gasteiger partial charge in [-0.15, -0.1) is 5.10 Å². The van der Waals surface area contributed by atoms with Gasteiger partial charge in [-0.2, -0.15) is 0 Å². The second kappa shape index (κ2) is 7.12. The molecular formula is C16H19N3O4S. The topological polar surface area (TPSA) is 102 Å². The maximum atomic E-state index is 12.3. The first-order chi connectivity index (χ1) is 11.5. The number of carbonyl (C=O) groups excluding carboxylic acids is 1. The number of aryl methyl sites for hydroxylation is 1. The molecule has 1 fully saturated rings. The molecule has 1 aliphatic carbocycles. The number of rotatable bonds is 8. The largest absolute Gasteiger partial charge is 0.413 e. The van der Waals surface area contributed by atoms with Gasteiger partial charge >= 0.3 is 5.22 Å². The zero-order valence-corrected chi connectivity index (χ0v) is 14.0. The summed E-state index contributed by atoms with van der Waals surface area (Å²) in [7, 11) is -3.65.